The summed E-state index contributed by atoms with van der Waals surface area (Å²) < 4.78 is 21.0. The number of H-pyrrole nitrogens is 1. The second-order valence-corrected chi connectivity index (χ2v) is 6.12. The van der Waals surface area contributed by atoms with Gasteiger partial charge in [-0.05, 0) is 23.8 Å². The average molecular weight is 415 g/mol. The first-order valence-corrected chi connectivity index (χ1v) is 8.67. The molecule has 30 heavy (non-hydrogen) atoms. The molecule has 0 amide bonds. The van der Waals surface area contributed by atoms with Crippen molar-refractivity contribution in [2.24, 2.45) is 5.10 Å². The number of methoxy groups -OCH3 is 4. The maximum atomic E-state index is 12.8. The zero-order chi connectivity index (χ0) is 22.0. The quantitative estimate of drug-likeness (QED) is 0.678. The number of carbonyl (C=O) groups is 1. The molecule has 1 aromatic carbocycles. The van der Waals surface area contributed by atoms with Gasteiger partial charge in [-0.2, -0.15) is 10.1 Å². The van der Waals surface area contributed by atoms with Gasteiger partial charge >= 0.3 is 5.97 Å². The fraction of sp³-hybridized carbons (Fsp3) is 0.263. The number of benzene rings is 1. The van der Waals surface area contributed by atoms with Gasteiger partial charge in [-0.25, -0.2) is 9.80 Å². The molecule has 158 valence electrons. The minimum Gasteiger partial charge on any atom is -0.493 e. The van der Waals surface area contributed by atoms with Crippen LogP contribution in [0.3, 0.4) is 0 Å². The number of nitrogens with two attached hydrogens (primary N) is 1. The second kappa shape index (κ2) is 8.15. The summed E-state index contributed by atoms with van der Waals surface area (Å²) in [5.41, 5.74) is 6.16. The van der Waals surface area contributed by atoms with Gasteiger partial charge in [0.25, 0.3) is 5.56 Å². The number of nitrogens with one attached hydrogen (secondary N) is 1. The molecule has 1 aromatic heterocycles. The van der Waals surface area contributed by atoms with Gasteiger partial charge < -0.3 is 24.7 Å². The summed E-state index contributed by atoms with van der Waals surface area (Å²) in [5, 5.41) is 5.49. The van der Waals surface area contributed by atoms with Gasteiger partial charge in [0, 0.05) is 12.6 Å². The Hall–Kier alpha value is -4.02. The van der Waals surface area contributed by atoms with Gasteiger partial charge in [-0.1, -0.05) is 0 Å². The van der Waals surface area contributed by atoms with Gasteiger partial charge in [0.2, 0.25) is 11.7 Å². The molecule has 1 aliphatic rings. The summed E-state index contributed by atoms with van der Waals surface area (Å²) in [6.07, 6.45) is 1.43. The third-order valence-corrected chi connectivity index (χ3v) is 4.40. The Balaban J connectivity index is 2.38. The van der Waals surface area contributed by atoms with Gasteiger partial charge in [0.1, 0.15) is 0 Å². The minimum atomic E-state index is -0.691. The van der Waals surface area contributed by atoms with Crippen LogP contribution < -0.4 is 30.5 Å². The van der Waals surface area contributed by atoms with E-state index in [1.165, 1.54) is 39.5 Å². The van der Waals surface area contributed by atoms with Crippen LogP contribution in [0.25, 0.3) is 5.57 Å². The number of esters is 1. The molecule has 0 atom stereocenters. The van der Waals surface area contributed by atoms with E-state index >= 15 is 0 Å². The molecule has 3 rings (SSSR count). The number of fused-ring (bicyclic) bond motifs is 1. The standard InChI is InChI=1S/C19H21N5O6/c1-24-16-14(17(25)22-19(20)21-16)10(8-11(23-24)18(26)30-5)9-6-12(27-2)15(29-4)13(7-9)28-3/h6-8H,1-5H3,(H3,20,21,22,25). The van der Waals surface area contributed by atoms with E-state index in [0.717, 1.165) is 0 Å². The van der Waals surface area contributed by atoms with Crippen molar-refractivity contribution in [1.29, 1.82) is 0 Å². The van der Waals surface area contributed by atoms with E-state index in [4.69, 9.17) is 24.7 Å². The van der Waals surface area contributed by atoms with Crippen molar-refractivity contribution < 1.29 is 23.7 Å². The predicted molar refractivity (Wildman–Crippen MR) is 110 cm³/mol. The number of hydrogen-bond acceptors (Lipinski definition) is 10. The van der Waals surface area contributed by atoms with Crippen LogP contribution in [0.15, 0.2) is 28.1 Å². The number of carbonyl (C=O) groups excluding carboxylic acids is 1. The van der Waals surface area contributed by atoms with E-state index in [1.807, 2.05) is 0 Å². The van der Waals surface area contributed by atoms with Crippen LogP contribution in [-0.4, -0.2) is 57.1 Å². The van der Waals surface area contributed by atoms with Crippen LogP contribution in [0.2, 0.25) is 0 Å². The number of nitrogen functional groups attached to an aromatic ring is 1. The van der Waals surface area contributed by atoms with E-state index in [-0.39, 0.29) is 23.0 Å². The van der Waals surface area contributed by atoms with Crippen LogP contribution in [0.1, 0.15) is 11.1 Å². The Morgan fingerprint density at radius 1 is 1.10 bits per heavy atom. The van der Waals surface area contributed by atoms with Crippen molar-refractivity contribution in [3.63, 3.8) is 0 Å². The summed E-state index contributed by atoms with van der Waals surface area (Å²) in [5.74, 6) is 0.485. The van der Waals surface area contributed by atoms with Gasteiger partial charge in [0.15, 0.2) is 23.0 Å². The third-order valence-electron chi connectivity index (χ3n) is 4.40. The van der Waals surface area contributed by atoms with Gasteiger partial charge in [0.05, 0.1) is 34.0 Å². The first-order valence-electron chi connectivity index (χ1n) is 8.67. The number of nitrogens with zero attached hydrogens (tertiary/aromatic N) is 3. The van der Waals surface area contributed by atoms with Crippen LogP contribution in [0, 0.1) is 0 Å². The van der Waals surface area contributed by atoms with Gasteiger partial charge in [-0.3, -0.25) is 9.78 Å². The smallest absolute Gasteiger partial charge is 0.358 e. The summed E-state index contributed by atoms with van der Waals surface area (Å²) in [6, 6.07) is 3.29. The Labute approximate surface area is 171 Å². The van der Waals surface area contributed by atoms with Crippen molar-refractivity contribution in [3.8, 4) is 17.2 Å². The van der Waals surface area contributed by atoms with E-state index in [1.54, 1.807) is 19.2 Å². The molecule has 1 aliphatic heterocycles. The highest BCUT2D eigenvalue weighted by atomic mass is 16.5. The minimum absolute atomic E-state index is 0.0419. The maximum Gasteiger partial charge on any atom is 0.358 e. The molecule has 0 fully saturated rings. The summed E-state index contributed by atoms with van der Waals surface area (Å²) in [4.78, 5) is 31.8. The molecule has 0 saturated carbocycles. The lowest BCUT2D eigenvalue weighted by atomic mass is 9.96. The summed E-state index contributed by atoms with van der Waals surface area (Å²) >= 11 is 0. The highest BCUT2D eigenvalue weighted by Crippen LogP contribution is 2.42. The number of hydrogen-bond donors (Lipinski definition) is 2. The molecule has 3 N–H and O–H groups in total. The summed E-state index contributed by atoms with van der Waals surface area (Å²) in [7, 11) is 7.20. The molecule has 0 unspecified atom stereocenters. The second-order valence-electron chi connectivity index (χ2n) is 6.12. The molecule has 0 bridgehead atoms. The van der Waals surface area contributed by atoms with E-state index in [0.29, 0.717) is 28.4 Å². The zero-order valence-corrected chi connectivity index (χ0v) is 17.1. The van der Waals surface area contributed by atoms with E-state index in [2.05, 4.69) is 15.1 Å². The topological polar surface area (TPSA) is 141 Å². The van der Waals surface area contributed by atoms with Crippen LogP contribution in [0.5, 0.6) is 17.2 Å². The fourth-order valence-corrected chi connectivity index (χ4v) is 3.07. The van der Waals surface area contributed by atoms with Crippen molar-refractivity contribution >= 4 is 29.0 Å². The number of anilines is 2. The number of rotatable bonds is 5. The van der Waals surface area contributed by atoms with Crippen molar-refractivity contribution in [2.75, 3.05) is 46.2 Å². The lowest BCUT2D eigenvalue weighted by Gasteiger charge is -2.17. The maximum absolute atomic E-state index is 12.8. The van der Waals surface area contributed by atoms with E-state index in [9.17, 15) is 9.59 Å². The molecule has 2 aromatic rings. The van der Waals surface area contributed by atoms with Crippen molar-refractivity contribution in [1.82, 2.24) is 9.97 Å². The lowest BCUT2D eigenvalue weighted by molar-refractivity contribution is -0.132. The molecule has 11 heteroatoms. The molecule has 0 spiro atoms. The monoisotopic (exact) mass is 415 g/mol. The number of hydrazone groups is 1. The van der Waals surface area contributed by atoms with Crippen LogP contribution in [-0.2, 0) is 9.53 Å². The SMILES string of the molecule is COC(=O)C1=NN(C)c2nc(N)[nH]c(=O)c2C(c2cc(OC)c(OC)c(OC)c2)=C1. The van der Waals surface area contributed by atoms with Gasteiger partial charge in [-0.15, -0.1) is 0 Å². The Morgan fingerprint density at radius 2 is 1.73 bits per heavy atom. The zero-order valence-electron chi connectivity index (χ0n) is 17.1. The molecule has 0 saturated heterocycles. The van der Waals surface area contributed by atoms with Crippen molar-refractivity contribution in [2.45, 2.75) is 0 Å². The first kappa shape index (κ1) is 20.7. The van der Waals surface area contributed by atoms with Crippen LogP contribution in [0.4, 0.5) is 11.8 Å². The Bertz CT molecular complexity index is 1100. The average Bonchev–Trinajstić information content (AvgIpc) is 2.88. The molecule has 0 radical (unpaired) electrons. The third kappa shape index (κ3) is 3.52. The number of ether oxygens (including phenoxy) is 4. The molecular weight excluding hydrogens is 394 g/mol. The molecular formula is C19H21N5O6. The fourth-order valence-electron chi connectivity index (χ4n) is 3.07. The van der Waals surface area contributed by atoms with Crippen LogP contribution >= 0.6 is 0 Å². The highest BCUT2D eigenvalue weighted by molar-refractivity contribution is 6.43. The Kier molecular flexibility index (Phi) is 5.63. The van der Waals surface area contributed by atoms with E-state index < -0.39 is 11.5 Å². The molecule has 0 aliphatic carbocycles. The van der Waals surface area contributed by atoms with Crippen molar-refractivity contribution in [3.05, 3.63) is 39.7 Å². The number of aromatic nitrogens is 2. The Morgan fingerprint density at radius 3 is 2.27 bits per heavy atom. The largest absolute Gasteiger partial charge is 0.493 e. The normalized spacial score (nSPS) is 12.9. The molecule has 2 heterocycles. The number of aromatic amines is 1. The first-order chi connectivity index (χ1) is 14.3. The highest BCUT2D eigenvalue weighted by Gasteiger charge is 2.27. The summed E-state index contributed by atoms with van der Waals surface area (Å²) in [6.45, 7) is 0. The molecule has 11 nitrogen and oxygen atoms in total. The lowest BCUT2D eigenvalue weighted by Crippen LogP contribution is -2.23. The predicted octanol–water partition coefficient (Wildman–Crippen LogP) is 0.788.